The molecule has 0 fully saturated rings. The Bertz CT molecular complexity index is 542. The van der Waals surface area contributed by atoms with E-state index in [9.17, 15) is 18.4 Å². The highest BCUT2D eigenvalue weighted by atomic mass is 19.1. The molecular weight excluding hydrogens is 280 g/mol. The molecular formula is C14H19F2N3O2. The molecule has 5 nitrogen and oxygen atoms in total. The molecule has 0 bridgehead atoms. The van der Waals surface area contributed by atoms with Crippen LogP contribution >= 0.6 is 0 Å². The predicted molar refractivity (Wildman–Crippen MR) is 75.9 cm³/mol. The van der Waals surface area contributed by atoms with Gasteiger partial charge in [0.2, 0.25) is 5.91 Å². The van der Waals surface area contributed by atoms with Gasteiger partial charge < -0.3 is 15.5 Å². The summed E-state index contributed by atoms with van der Waals surface area (Å²) >= 11 is 0. The second-order valence-corrected chi connectivity index (χ2v) is 5.71. The van der Waals surface area contributed by atoms with E-state index in [0.717, 1.165) is 17.0 Å². The molecule has 0 saturated heterocycles. The first kappa shape index (κ1) is 16.9. The summed E-state index contributed by atoms with van der Waals surface area (Å²) in [6, 6.07) is 2.16. The molecule has 0 aliphatic carbocycles. The molecule has 0 heterocycles. The van der Waals surface area contributed by atoms with Gasteiger partial charge in [0, 0.05) is 18.7 Å². The van der Waals surface area contributed by atoms with E-state index in [-0.39, 0.29) is 18.1 Å². The predicted octanol–water partition coefficient (Wildman–Crippen LogP) is 2.34. The van der Waals surface area contributed by atoms with Crippen LogP contribution in [0.5, 0.6) is 0 Å². The summed E-state index contributed by atoms with van der Waals surface area (Å²) in [5.74, 6) is -1.95. The topological polar surface area (TPSA) is 61.4 Å². The summed E-state index contributed by atoms with van der Waals surface area (Å²) in [5.41, 5.74) is -0.554. The fourth-order valence-electron chi connectivity index (χ4n) is 1.55. The van der Waals surface area contributed by atoms with Crippen LogP contribution in [0.1, 0.15) is 20.8 Å². The third-order valence-corrected chi connectivity index (χ3v) is 2.41. The SMILES string of the molecule is CN(CC(=O)NC(C)(C)C)C(=O)Nc1ccc(F)cc1F. The van der Waals surface area contributed by atoms with Crippen LogP contribution in [0.4, 0.5) is 19.3 Å². The van der Waals surface area contributed by atoms with Gasteiger partial charge in [0.15, 0.2) is 0 Å². The average molecular weight is 299 g/mol. The number of nitrogens with one attached hydrogen (secondary N) is 2. The number of amides is 3. The van der Waals surface area contributed by atoms with Gasteiger partial charge in [-0.25, -0.2) is 13.6 Å². The first-order valence-electron chi connectivity index (χ1n) is 6.36. The largest absolute Gasteiger partial charge is 0.350 e. The minimum Gasteiger partial charge on any atom is -0.350 e. The van der Waals surface area contributed by atoms with Crippen LogP contribution in [0, 0.1) is 11.6 Å². The van der Waals surface area contributed by atoms with Crippen molar-refractivity contribution in [2.45, 2.75) is 26.3 Å². The van der Waals surface area contributed by atoms with E-state index in [4.69, 9.17) is 0 Å². The zero-order chi connectivity index (χ0) is 16.2. The summed E-state index contributed by atoms with van der Waals surface area (Å²) in [6.07, 6.45) is 0. The maximum absolute atomic E-state index is 13.4. The normalized spacial score (nSPS) is 11.0. The molecule has 1 aromatic carbocycles. The van der Waals surface area contributed by atoms with Gasteiger partial charge in [-0.3, -0.25) is 4.79 Å². The number of urea groups is 1. The van der Waals surface area contributed by atoms with Crippen LogP contribution in [0.3, 0.4) is 0 Å². The lowest BCUT2D eigenvalue weighted by Gasteiger charge is -2.23. The summed E-state index contributed by atoms with van der Waals surface area (Å²) < 4.78 is 26.2. The number of halogens is 2. The molecule has 116 valence electrons. The molecule has 21 heavy (non-hydrogen) atoms. The number of nitrogens with zero attached hydrogens (tertiary/aromatic N) is 1. The number of carbonyl (C=O) groups is 2. The Hall–Kier alpha value is -2.18. The minimum atomic E-state index is -0.879. The fraction of sp³-hybridized carbons (Fsp3) is 0.429. The standard InChI is InChI=1S/C14H19F2N3O2/c1-14(2,3)18-12(20)8-19(4)13(21)17-11-6-5-9(15)7-10(11)16/h5-7H,8H2,1-4H3,(H,17,21)(H,18,20). The van der Waals surface area contributed by atoms with Gasteiger partial charge in [-0.2, -0.15) is 0 Å². The van der Waals surface area contributed by atoms with Crippen LogP contribution < -0.4 is 10.6 Å². The number of hydrogen-bond donors (Lipinski definition) is 2. The van der Waals surface area contributed by atoms with Crippen molar-refractivity contribution in [1.82, 2.24) is 10.2 Å². The Morgan fingerprint density at radius 3 is 2.38 bits per heavy atom. The Morgan fingerprint density at radius 2 is 1.86 bits per heavy atom. The van der Waals surface area contributed by atoms with Crippen molar-refractivity contribution < 1.29 is 18.4 Å². The van der Waals surface area contributed by atoms with Crippen molar-refractivity contribution in [2.24, 2.45) is 0 Å². The first-order chi connectivity index (χ1) is 9.58. The van der Waals surface area contributed by atoms with Gasteiger partial charge in [-0.1, -0.05) is 0 Å². The van der Waals surface area contributed by atoms with E-state index in [2.05, 4.69) is 10.6 Å². The number of rotatable bonds is 3. The van der Waals surface area contributed by atoms with Crippen LogP contribution in [-0.4, -0.2) is 36.0 Å². The monoisotopic (exact) mass is 299 g/mol. The van der Waals surface area contributed by atoms with E-state index in [1.54, 1.807) is 0 Å². The molecule has 0 saturated carbocycles. The van der Waals surface area contributed by atoms with Gasteiger partial charge in [-0.05, 0) is 32.9 Å². The van der Waals surface area contributed by atoms with Crippen LogP contribution in [0.15, 0.2) is 18.2 Å². The second kappa shape index (κ2) is 6.51. The average Bonchev–Trinajstić information content (AvgIpc) is 2.29. The van der Waals surface area contributed by atoms with Crippen molar-refractivity contribution >= 4 is 17.6 Å². The minimum absolute atomic E-state index is 0.149. The number of carbonyl (C=O) groups excluding carboxylic acids is 2. The van der Waals surface area contributed by atoms with Crippen molar-refractivity contribution in [3.63, 3.8) is 0 Å². The second-order valence-electron chi connectivity index (χ2n) is 5.71. The van der Waals surface area contributed by atoms with E-state index < -0.39 is 23.2 Å². The molecule has 0 radical (unpaired) electrons. The van der Waals surface area contributed by atoms with E-state index >= 15 is 0 Å². The molecule has 7 heteroatoms. The summed E-state index contributed by atoms with van der Waals surface area (Å²) in [6.45, 7) is 5.28. The van der Waals surface area contributed by atoms with E-state index in [1.165, 1.54) is 7.05 Å². The maximum atomic E-state index is 13.4. The molecule has 0 aliphatic rings. The maximum Gasteiger partial charge on any atom is 0.322 e. The van der Waals surface area contributed by atoms with E-state index in [0.29, 0.717) is 6.07 Å². The van der Waals surface area contributed by atoms with Gasteiger partial charge >= 0.3 is 6.03 Å². The number of benzene rings is 1. The lowest BCUT2D eigenvalue weighted by Crippen LogP contribution is -2.47. The zero-order valence-corrected chi connectivity index (χ0v) is 12.5. The molecule has 0 aromatic heterocycles. The van der Waals surface area contributed by atoms with Gasteiger partial charge in [0.05, 0.1) is 5.69 Å². The third kappa shape index (κ3) is 5.76. The van der Waals surface area contributed by atoms with E-state index in [1.807, 2.05) is 20.8 Å². The van der Waals surface area contributed by atoms with Crippen molar-refractivity contribution in [3.8, 4) is 0 Å². The van der Waals surface area contributed by atoms with Crippen molar-refractivity contribution in [3.05, 3.63) is 29.8 Å². The highest BCUT2D eigenvalue weighted by Gasteiger charge is 2.18. The van der Waals surface area contributed by atoms with Gasteiger partial charge in [0.1, 0.15) is 18.2 Å². The summed E-state index contributed by atoms with van der Waals surface area (Å²) in [7, 11) is 1.40. The first-order valence-corrected chi connectivity index (χ1v) is 6.36. The van der Waals surface area contributed by atoms with Gasteiger partial charge in [-0.15, -0.1) is 0 Å². The molecule has 2 N–H and O–H groups in total. The molecule has 0 atom stereocenters. The molecule has 1 rings (SSSR count). The molecule has 1 aromatic rings. The number of likely N-dealkylation sites (N-methyl/N-ethyl adjacent to an activating group) is 1. The highest BCUT2D eigenvalue weighted by molar-refractivity contribution is 5.92. The number of hydrogen-bond acceptors (Lipinski definition) is 2. The lowest BCUT2D eigenvalue weighted by molar-refractivity contribution is -0.122. The van der Waals surface area contributed by atoms with Crippen LogP contribution in [0.2, 0.25) is 0 Å². The Morgan fingerprint density at radius 1 is 1.24 bits per heavy atom. The summed E-state index contributed by atoms with van der Waals surface area (Å²) in [4.78, 5) is 24.6. The highest BCUT2D eigenvalue weighted by Crippen LogP contribution is 2.15. The summed E-state index contributed by atoms with van der Waals surface area (Å²) in [5, 5.41) is 4.97. The zero-order valence-electron chi connectivity index (χ0n) is 12.5. The molecule has 0 aliphatic heterocycles. The fourth-order valence-corrected chi connectivity index (χ4v) is 1.55. The third-order valence-electron chi connectivity index (χ3n) is 2.41. The number of anilines is 1. The molecule has 0 unspecified atom stereocenters. The van der Waals surface area contributed by atoms with Crippen molar-refractivity contribution in [1.29, 1.82) is 0 Å². The Kier molecular flexibility index (Phi) is 5.23. The van der Waals surface area contributed by atoms with Gasteiger partial charge in [0.25, 0.3) is 0 Å². The quantitative estimate of drug-likeness (QED) is 0.900. The smallest absolute Gasteiger partial charge is 0.322 e. The van der Waals surface area contributed by atoms with Crippen LogP contribution in [0.25, 0.3) is 0 Å². The van der Waals surface area contributed by atoms with Crippen LogP contribution in [-0.2, 0) is 4.79 Å². The Balaban J connectivity index is 2.61. The van der Waals surface area contributed by atoms with Crippen molar-refractivity contribution in [2.75, 3.05) is 18.9 Å². The molecule has 3 amide bonds. The molecule has 0 spiro atoms. The Labute approximate surface area is 122 Å². The lowest BCUT2D eigenvalue weighted by atomic mass is 10.1.